The molecule has 6 heteroatoms. The van der Waals surface area contributed by atoms with Crippen molar-refractivity contribution in [2.45, 2.75) is 18.0 Å². The molecular formula is C15H17N3O2S. The zero-order valence-corrected chi connectivity index (χ0v) is 12.6. The number of anilines is 2. The van der Waals surface area contributed by atoms with Crippen molar-refractivity contribution in [2.24, 2.45) is 0 Å². The summed E-state index contributed by atoms with van der Waals surface area (Å²) in [5.74, 6) is 0. The second-order valence-corrected chi connectivity index (χ2v) is 7.10. The van der Waals surface area contributed by atoms with E-state index in [0.29, 0.717) is 6.54 Å². The largest absolute Gasteiger partial charge is 0.384 e. The fraction of sp³-hybridized carbons (Fsp3) is 0.267. The van der Waals surface area contributed by atoms with Crippen LogP contribution in [0.2, 0.25) is 0 Å². The highest BCUT2D eigenvalue weighted by Gasteiger charge is 2.13. The van der Waals surface area contributed by atoms with E-state index in [1.165, 1.54) is 22.9 Å². The molecule has 2 heterocycles. The van der Waals surface area contributed by atoms with Crippen LogP contribution in [0.4, 0.5) is 11.4 Å². The number of hydrogen-bond donors (Lipinski definition) is 2. The standard InChI is InChI=1S/C15H17N3O2S/c1-21(19,20)14-6-5-13(10-18-14)17-9-12-4-2-3-11-7-8-16-15(11)12/h2-6,10,16-17H,7-9H2,1H3. The number of hydrogen-bond acceptors (Lipinski definition) is 5. The lowest BCUT2D eigenvalue weighted by Crippen LogP contribution is -2.05. The Morgan fingerprint density at radius 2 is 2.14 bits per heavy atom. The van der Waals surface area contributed by atoms with Crippen LogP contribution in [0.15, 0.2) is 41.6 Å². The topological polar surface area (TPSA) is 71.1 Å². The molecule has 0 atom stereocenters. The summed E-state index contributed by atoms with van der Waals surface area (Å²) in [5.41, 5.74) is 4.57. The third-order valence-electron chi connectivity index (χ3n) is 3.53. The molecule has 0 radical (unpaired) electrons. The number of rotatable bonds is 4. The van der Waals surface area contributed by atoms with Gasteiger partial charge in [0, 0.05) is 25.0 Å². The van der Waals surface area contributed by atoms with E-state index < -0.39 is 9.84 Å². The summed E-state index contributed by atoms with van der Waals surface area (Å²) in [5, 5.41) is 6.76. The van der Waals surface area contributed by atoms with Gasteiger partial charge in [0.05, 0.1) is 11.9 Å². The molecule has 3 rings (SSSR count). The first-order chi connectivity index (χ1) is 10.0. The van der Waals surface area contributed by atoms with Gasteiger partial charge in [0.15, 0.2) is 14.9 Å². The minimum atomic E-state index is -3.24. The summed E-state index contributed by atoms with van der Waals surface area (Å²) in [6.45, 7) is 1.66. The average Bonchev–Trinajstić information content (AvgIpc) is 2.93. The Hall–Kier alpha value is -2.08. The summed E-state index contributed by atoms with van der Waals surface area (Å²) >= 11 is 0. The fourth-order valence-electron chi connectivity index (χ4n) is 2.46. The molecule has 2 aromatic rings. The van der Waals surface area contributed by atoms with Crippen LogP contribution >= 0.6 is 0 Å². The first kappa shape index (κ1) is 13.9. The number of para-hydroxylation sites is 1. The highest BCUT2D eigenvalue weighted by molar-refractivity contribution is 7.90. The van der Waals surface area contributed by atoms with Gasteiger partial charge >= 0.3 is 0 Å². The lowest BCUT2D eigenvalue weighted by molar-refractivity contribution is 0.598. The van der Waals surface area contributed by atoms with Gasteiger partial charge in [0.1, 0.15) is 0 Å². The molecule has 1 aromatic carbocycles. The Balaban J connectivity index is 1.73. The van der Waals surface area contributed by atoms with Crippen molar-refractivity contribution in [3.05, 3.63) is 47.7 Å². The zero-order chi connectivity index (χ0) is 14.9. The third-order valence-corrected chi connectivity index (χ3v) is 4.53. The molecule has 21 heavy (non-hydrogen) atoms. The third kappa shape index (κ3) is 3.00. The van der Waals surface area contributed by atoms with Crippen molar-refractivity contribution in [1.82, 2.24) is 4.98 Å². The van der Waals surface area contributed by atoms with E-state index in [4.69, 9.17) is 0 Å². The van der Waals surface area contributed by atoms with Crippen molar-refractivity contribution in [3.63, 3.8) is 0 Å². The number of nitrogens with one attached hydrogen (secondary N) is 2. The van der Waals surface area contributed by atoms with Gasteiger partial charge in [0.2, 0.25) is 0 Å². The maximum Gasteiger partial charge on any atom is 0.192 e. The first-order valence-corrected chi connectivity index (χ1v) is 8.68. The Bertz CT molecular complexity index is 755. The molecule has 5 nitrogen and oxygen atoms in total. The first-order valence-electron chi connectivity index (χ1n) is 6.79. The fourth-order valence-corrected chi connectivity index (χ4v) is 3.02. The predicted octanol–water partition coefficient (Wildman–Crippen LogP) is 2.07. The van der Waals surface area contributed by atoms with Gasteiger partial charge < -0.3 is 10.6 Å². The number of fused-ring (bicyclic) bond motifs is 1. The summed E-state index contributed by atoms with van der Waals surface area (Å²) < 4.78 is 22.7. The molecule has 110 valence electrons. The lowest BCUT2D eigenvalue weighted by atomic mass is 10.1. The maximum absolute atomic E-state index is 11.4. The Kier molecular flexibility index (Phi) is 3.55. The molecule has 0 saturated heterocycles. The van der Waals surface area contributed by atoms with Crippen LogP contribution in [0.25, 0.3) is 0 Å². The second-order valence-electron chi connectivity index (χ2n) is 5.14. The summed E-state index contributed by atoms with van der Waals surface area (Å²) in [6.07, 6.45) is 3.77. The summed E-state index contributed by atoms with van der Waals surface area (Å²) in [7, 11) is -3.24. The molecule has 2 N–H and O–H groups in total. The molecular weight excluding hydrogens is 286 g/mol. The highest BCUT2D eigenvalue weighted by atomic mass is 32.2. The molecule has 0 spiro atoms. The van der Waals surface area contributed by atoms with Crippen LogP contribution in [0.1, 0.15) is 11.1 Å². The highest BCUT2D eigenvalue weighted by Crippen LogP contribution is 2.26. The molecule has 0 aliphatic carbocycles. The number of benzene rings is 1. The van der Waals surface area contributed by atoms with Crippen LogP contribution in [-0.4, -0.2) is 26.2 Å². The van der Waals surface area contributed by atoms with Crippen molar-refractivity contribution in [2.75, 3.05) is 23.4 Å². The van der Waals surface area contributed by atoms with Crippen LogP contribution < -0.4 is 10.6 Å². The van der Waals surface area contributed by atoms with Gasteiger partial charge in [-0.15, -0.1) is 0 Å². The summed E-state index contributed by atoms with van der Waals surface area (Å²) in [4.78, 5) is 3.97. The smallest absolute Gasteiger partial charge is 0.192 e. The molecule has 0 fully saturated rings. The van der Waals surface area contributed by atoms with Gasteiger partial charge in [-0.3, -0.25) is 0 Å². The second kappa shape index (κ2) is 5.37. The summed E-state index contributed by atoms with van der Waals surface area (Å²) in [6, 6.07) is 9.54. The Morgan fingerprint density at radius 3 is 2.86 bits per heavy atom. The van der Waals surface area contributed by atoms with Gasteiger partial charge in [-0.25, -0.2) is 13.4 Å². The Morgan fingerprint density at radius 1 is 1.29 bits per heavy atom. The van der Waals surface area contributed by atoms with E-state index >= 15 is 0 Å². The molecule has 0 amide bonds. The molecule has 1 aromatic heterocycles. The van der Waals surface area contributed by atoms with Crippen molar-refractivity contribution >= 4 is 21.2 Å². The van der Waals surface area contributed by atoms with Gasteiger partial charge in [-0.2, -0.15) is 0 Å². The van der Waals surface area contributed by atoms with Crippen molar-refractivity contribution in [1.29, 1.82) is 0 Å². The molecule has 1 aliphatic rings. The monoisotopic (exact) mass is 303 g/mol. The number of pyridine rings is 1. The van der Waals surface area contributed by atoms with Gasteiger partial charge in [0.25, 0.3) is 0 Å². The van der Waals surface area contributed by atoms with Crippen molar-refractivity contribution in [3.8, 4) is 0 Å². The SMILES string of the molecule is CS(=O)(=O)c1ccc(NCc2cccc3c2NCC3)cn1. The molecule has 0 bridgehead atoms. The van der Waals surface area contributed by atoms with Crippen LogP contribution in [0.3, 0.4) is 0 Å². The number of nitrogens with zero attached hydrogens (tertiary/aromatic N) is 1. The van der Waals surface area contributed by atoms with E-state index in [1.807, 2.05) is 0 Å². The zero-order valence-electron chi connectivity index (χ0n) is 11.8. The Labute approximate surface area is 124 Å². The predicted molar refractivity (Wildman–Crippen MR) is 83.3 cm³/mol. The average molecular weight is 303 g/mol. The van der Waals surface area contributed by atoms with E-state index in [9.17, 15) is 8.42 Å². The minimum absolute atomic E-state index is 0.0929. The van der Waals surface area contributed by atoms with E-state index in [-0.39, 0.29) is 5.03 Å². The van der Waals surface area contributed by atoms with E-state index in [2.05, 4.69) is 33.8 Å². The number of sulfone groups is 1. The van der Waals surface area contributed by atoms with Crippen LogP contribution in [0.5, 0.6) is 0 Å². The normalized spacial score (nSPS) is 13.6. The molecule has 0 unspecified atom stereocenters. The van der Waals surface area contributed by atoms with E-state index in [1.54, 1.807) is 12.3 Å². The van der Waals surface area contributed by atoms with Gasteiger partial charge in [-0.05, 0) is 29.7 Å². The minimum Gasteiger partial charge on any atom is -0.384 e. The van der Waals surface area contributed by atoms with E-state index in [0.717, 1.165) is 24.9 Å². The quantitative estimate of drug-likeness (QED) is 0.904. The van der Waals surface area contributed by atoms with Crippen molar-refractivity contribution < 1.29 is 8.42 Å². The van der Waals surface area contributed by atoms with Crippen LogP contribution in [0, 0.1) is 0 Å². The maximum atomic E-state index is 11.4. The lowest BCUT2D eigenvalue weighted by Gasteiger charge is -2.11. The molecule has 0 saturated carbocycles. The number of aromatic nitrogens is 1. The van der Waals surface area contributed by atoms with Crippen LogP contribution in [-0.2, 0) is 22.8 Å². The molecule has 1 aliphatic heterocycles. The van der Waals surface area contributed by atoms with Gasteiger partial charge in [-0.1, -0.05) is 18.2 Å².